The van der Waals surface area contributed by atoms with Crippen molar-refractivity contribution in [1.82, 2.24) is 20.2 Å². The summed E-state index contributed by atoms with van der Waals surface area (Å²) in [5, 5.41) is 2.62. The van der Waals surface area contributed by atoms with Crippen molar-refractivity contribution in [3.63, 3.8) is 0 Å². The smallest absolute Gasteiger partial charge is 0.414 e. The zero-order valence-corrected chi connectivity index (χ0v) is 23.6. The topological polar surface area (TPSA) is 117 Å². The number of carbonyl (C=O) groups is 3. The number of H-pyrrole nitrogens is 1. The van der Waals surface area contributed by atoms with Gasteiger partial charge in [0.2, 0.25) is 5.91 Å². The number of aromatic amines is 1. The lowest BCUT2D eigenvalue weighted by Gasteiger charge is -2.27. The Morgan fingerprint density at radius 2 is 1.90 bits per heavy atom. The summed E-state index contributed by atoms with van der Waals surface area (Å²) in [5.74, 6) is 0.0158. The maximum absolute atomic E-state index is 15.2. The van der Waals surface area contributed by atoms with Crippen molar-refractivity contribution in [2.24, 2.45) is 0 Å². The van der Waals surface area contributed by atoms with E-state index in [-0.39, 0.29) is 31.1 Å². The normalized spacial score (nSPS) is 18.9. The number of nitrogens with one attached hydrogen (secondary N) is 2. The van der Waals surface area contributed by atoms with Gasteiger partial charge in [-0.1, -0.05) is 24.3 Å². The molecular formula is C30H34FN5O5. The van der Waals surface area contributed by atoms with Crippen LogP contribution in [-0.4, -0.2) is 64.3 Å². The number of halogens is 1. The first-order valence-corrected chi connectivity index (χ1v) is 13.7. The molecule has 2 aliphatic rings. The van der Waals surface area contributed by atoms with Gasteiger partial charge in [-0.2, -0.15) is 0 Å². The molecule has 2 aliphatic heterocycles. The molecule has 5 rings (SSSR count). The van der Waals surface area contributed by atoms with E-state index >= 15 is 4.39 Å². The number of benzene rings is 2. The number of amides is 3. The van der Waals surface area contributed by atoms with Crippen LogP contribution in [0.1, 0.15) is 52.4 Å². The minimum atomic E-state index is -0.581. The Labute approximate surface area is 237 Å². The third kappa shape index (κ3) is 6.34. The molecule has 0 unspecified atom stereocenters. The van der Waals surface area contributed by atoms with Crippen molar-refractivity contribution in [2.75, 3.05) is 24.5 Å². The number of rotatable bonds is 6. The van der Waals surface area contributed by atoms with E-state index in [2.05, 4.69) is 15.3 Å². The van der Waals surface area contributed by atoms with Gasteiger partial charge in [-0.15, -0.1) is 0 Å². The lowest BCUT2D eigenvalue weighted by molar-refractivity contribution is -0.119. The molecule has 10 nitrogen and oxygen atoms in total. The van der Waals surface area contributed by atoms with Gasteiger partial charge in [0.15, 0.2) is 0 Å². The number of anilines is 1. The summed E-state index contributed by atoms with van der Waals surface area (Å²) in [7, 11) is 0. The van der Waals surface area contributed by atoms with Crippen molar-refractivity contribution < 1.29 is 28.2 Å². The minimum Gasteiger partial charge on any atom is -0.444 e. The Morgan fingerprint density at radius 3 is 2.59 bits per heavy atom. The molecule has 3 heterocycles. The summed E-state index contributed by atoms with van der Waals surface area (Å²) >= 11 is 0. The fourth-order valence-corrected chi connectivity index (χ4v) is 5.07. The van der Waals surface area contributed by atoms with Crippen molar-refractivity contribution in [3.05, 3.63) is 60.3 Å². The fraction of sp³-hybridized carbons (Fsp3) is 0.400. The largest absolute Gasteiger partial charge is 0.444 e. The number of hydrogen-bond donors (Lipinski definition) is 2. The highest BCUT2D eigenvalue weighted by atomic mass is 19.1. The van der Waals surface area contributed by atoms with Gasteiger partial charge in [0.05, 0.1) is 36.7 Å². The van der Waals surface area contributed by atoms with Crippen molar-refractivity contribution in [2.45, 2.75) is 58.3 Å². The van der Waals surface area contributed by atoms with E-state index in [0.717, 1.165) is 24.1 Å². The van der Waals surface area contributed by atoms with Gasteiger partial charge >= 0.3 is 12.2 Å². The first-order valence-electron chi connectivity index (χ1n) is 13.7. The summed E-state index contributed by atoms with van der Waals surface area (Å²) in [6.07, 6.45) is 1.98. The molecule has 0 aliphatic carbocycles. The number of imidazole rings is 1. The molecule has 0 radical (unpaired) electrons. The fourth-order valence-electron chi connectivity index (χ4n) is 5.07. The predicted octanol–water partition coefficient (Wildman–Crippen LogP) is 5.42. The molecule has 2 aromatic carbocycles. The van der Waals surface area contributed by atoms with Crippen molar-refractivity contribution >= 4 is 23.8 Å². The van der Waals surface area contributed by atoms with Crippen LogP contribution in [0.5, 0.6) is 0 Å². The molecule has 3 aromatic rings. The van der Waals surface area contributed by atoms with Crippen LogP contribution < -0.4 is 10.2 Å². The summed E-state index contributed by atoms with van der Waals surface area (Å²) < 4.78 is 26.0. The third-order valence-electron chi connectivity index (χ3n) is 7.02. The number of carbonyl (C=O) groups excluding carboxylic acids is 3. The van der Waals surface area contributed by atoms with Crippen LogP contribution in [-0.2, 0) is 14.3 Å². The van der Waals surface area contributed by atoms with E-state index in [0.29, 0.717) is 29.2 Å². The molecule has 3 amide bonds. The second-order valence-corrected chi connectivity index (χ2v) is 11.3. The van der Waals surface area contributed by atoms with Crippen LogP contribution in [0.3, 0.4) is 0 Å². The first kappa shape index (κ1) is 28.1. The number of nitrogens with zero attached hydrogens (tertiary/aromatic N) is 3. The predicted molar refractivity (Wildman–Crippen MR) is 151 cm³/mol. The monoisotopic (exact) mass is 563 g/mol. The molecule has 2 atom stereocenters. The molecule has 2 saturated heterocycles. The Bertz CT molecular complexity index is 1450. The van der Waals surface area contributed by atoms with Crippen LogP contribution in [0.25, 0.3) is 22.4 Å². The van der Waals surface area contributed by atoms with Crippen LogP contribution in [0, 0.1) is 5.82 Å². The van der Waals surface area contributed by atoms with Gasteiger partial charge in [-0.05, 0) is 62.9 Å². The highest BCUT2D eigenvalue weighted by Crippen LogP contribution is 2.34. The number of aromatic nitrogens is 2. The molecule has 1 aromatic heterocycles. The van der Waals surface area contributed by atoms with E-state index in [1.165, 1.54) is 17.9 Å². The van der Waals surface area contributed by atoms with Crippen LogP contribution in [0.15, 0.2) is 48.7 Å². The minimum absolute atomic E-state index is 0.181. The average Bonchev–Trinajstić information content (AvgIpc) is 3.66. The van der Waals surface area contributed by atoms with E-state index in [4.69, 9.17) is 9.47 Å². The van der Waals surface area contributed by atoms with Gasteiger partial charge in [0.1, 0.15) is 23.3 Å². The lowest BCUT2D eigenvalue weighted by Crippen LogP contribution is -2.36. The Balaban J connectivity index is 1.27. The van der Waals surface area contributed by atoms with Gasteiger partial charge < -0.3 is 19.8 Å². The Morgan fingerprint density at radius 1 is 1.17 bits per heavy atom. The second-order valence-electron chi connectivity index (χ2n) is 11.3. The number of cyclic esters (lactones) is 1. The van der Waals surface area contributed by atoms with Gasteiger partial charge in [-0.3, -0.25) is 14.6 Å². The molecule has 216 valence electrons. The molecule has 2 N–H and O–H groups in total. The molecule has 0 spiro atoms. The molecule has 2 fully saturated rings. The van der Waals surface area contributed by atoms with E-state index in [9.17, 15) is 14.4 Å². The zero-order valence-electron chi connectivity index (χ0n) is 23.6. The van der Waals surface area contributed by atoms with Crippen LogP contribution in [0.2, 0.25) is 0 Å². The zero-order chi connectivity index (χ0) is 29.3. The van der Waals surface area contributed by atoms with Gasteiger partial charge in [0, 0.05) is 19.0 Å². The lowest BCUT2D eigenvalue weighted by atomic mass is 10.0. The second kappa shape index (κ2) is 11.2. The summed E-state index contributed by atoms with van der Waals surface area (Å²) in [6.45, 7) is 7.97. The van der Waals surface area contributed by atoms with Crippen molar-refractivity contribution in [3.8, 4) is 22.4 Å². The Hall–Kier alpha value is -4.41. The standard InChI is InChI=1S/C30H34FN5O5/c1-18(37)32-15-22-17-36(28(38)40-22)21-11-12-23(24(31)14-21)19-7-9-20(10-8-19)25-16-33-27(34-25)26-6-5-13-35(26)29(39)41-30(2,3)4/h7-12,14,16,22,26H,5-6,13,15,17H2,1-4H3,(H,32,37)(H,33,34)/t22-,26-/m0/s1. The highest BCUT2D eigenvalue weighted by molar-refractivity contribution is 5.90. The molecule has 0 saturated carbocycles. The van der Waals surface area contributed by atoms with E-state index in [1.54, 1.807) is 23.2 Å². The average molecular weight is 564 g/mol. The third-order valence-corrected chi connectivity index (χ3v) is 7.02. The summed E-state index contributed by atoms with van der Waals surface area (Å²) in [6, 6.07) is 11.8. The van der Waals surface area contributed by atoms with Crippen LogP contribution in [0.4, 0.5) is 19.7 Å². The number of hydrogen-bond acceptors (Lipinski definition) is 6. The van der Waals surface area contributed by atoms with E-state index < -0.39 is 23.6 Å². The van der Waals surface area contributed by atoms with E-state index in [1.807, 2.05) is 45.0 Å². The molecule has 0 bridgehead atoms. The highest BCUT2D eigenvalue weighted by Gasteiger charge is 2.35. The van der Waals surface area contributed by atoms with Gasteiger partial charge in [-0.25, -0.2) is 19.0 Å². The maximum atomic E-state index is 15.2. The SMILES string of the molecule is CC(=O)NC[C@H]1CN(c2ccc(-c3ccc(-c4cnc([C@@H]5CCCN5C(=O)OC(C)(C)C)[nH]4)cc3)c(F)c2)C(=O)O1. The number of likely N-dealkylation sites (tertiary alicyclic amines) is 1. The Kier molecular flexibility index (Phi) is 7.70. The molecular weight excluding hydrogens is 529 g/mol. The summed E-state index contributed by atoms with van der Waals surface area (Å²) in [4.78, 5) is 47.1. The first-order chi connectivity index (χ1) is 19.5. The van der Waals surface area contributed by atoms with Crippen molar-refractivity contribution in [1.29, 1.82) is 0 Å². The summed E-state index contributed by atoms with van der Waals surface area (Å²) in [5.41, 5.74) is 2.55. The number of ether oxygens (including phenoxy) is 2. The molecule has 11 heteroatoms. The molecule has 41 heavy (non-hydrogen) atoms. The maximum Gasteiger partial charge on any atom is 0.414 e. The quantitative estimate of drug-likeness (QED) is 0.414. The van der Waals surface area contributed by atoms with Crippen LogP contribution >= 0.6 is 0 Å². The van der Waals surface area contributed by atoms with Gasteiger partial charge in [0.25, 0.3) is 0 Å².